The van der Waals surface area contributed by atoms with Gasteiger partial charge in [-0.1, -0.05) is 25.7 Å². The topological polar surface area (TPSA) is 37.3 Å². The lowest BCUT2D eigenvalue weighted by Gasteiger charge is -2.18. The molecule has 1 saturated carbocycles. The number of alkyl halides is 2. The van der Waals surface area contributed by atoms with Crippen molar-refractivity contribution >= 4 is 29.2 Å². The molecule has 0 amide bonds. The summed E-state index contributed by atoms with van der Waals surface area (Å²) in [5, 5.41) is 8.99. The smallest absolute Gasteiger partial charge is 0.306 e. The Labute approximate surface area is 114 Å². The van der Waals surface area contributed by atoms with Crippen molar-refractivity contribution in [1.29, 1.82) is 0 Å². The second-order valence-corrected chi connectivity index (χ2v) is 6.44. The van der Waals surface area contributed by atoms with Crippen molar-refractivity contribution in [1.82, 2.24) is 0 Å². The van der Waals surface area contributed by atoms with Crippen molar-refractivity contribution in [3.05, 3.63) is 0 Å². The lowest BCUT2D eigenvalue weighted by molar-refractivity contribution is -0.142. The van der Waals surface area contributed by atoms with Crippen molar-refractivity contribution < 1.29 is 9.90 Å². The summed E-state index contributed by atoms with van der Waals surface area (Å²) in [6.45, 7) is 1.85. The van der Waals surface area contributed by atoms with E-state index in [9.17, 15) is 9.90 Å². The minimum absolute atomic E-state index is 0.0995. The Balaban J connectivity index is 2.35. The summed E-state index contributed by atoms with van der Waals surface area (Å²) in [6.07, 6.45) is 7.06. The summed E-state index contributed by atoms with van der Waals surface area (Å²) < 4.78 is 0. The van der Waals surface area contributed by atoms with Crippen LogP contribution in [0.1, 0.15) is 51.9 Å². The third-order valence-corrected chi connectivity index (χ3v) is 4.76. The van der Waals surface area contributed by atoms with Crippen molar-refractivity contribution in [3.63, 3.8) is 0 Å². The van der Waals surface area contributed by atoms with Crippen LogP contribution in [-0.2, 0) is 4.79 Å². The molecule has 1 N–H and O–H groups in total. The molecule has 1 rings (SSSR count). The van der Waals surface area contributed by atoms with E-state index in [1.807, 2.05) is 6.92 Å². The minimum Gasteiger partial charge on any atom is -0.481 e. The van der Waals surface area contributed by atoms with Gasteiger partial charge >= 0.3 is 5.97 Å². The van der Waals surface area contributed by atoms with Gasteiger partial charge in [-0.3, -0.25) is 4.79 Å². The molecule has 1 fully saturated rings. The van der Waals surface area contributed by atoms with Crippen LogP contribution in [0.25, 0.3) is 0 Å². The van der Waals surface area contributed by atoms with Crippen molar-refractivity contribution in [2.24, 2.45) is 11.8 Å². The Bertz CT molecular complexity index is 238. The van der Waals surface area contributed by atoms with Gasteiger partial charge in [-0.2, -0.15) is 0 Å². The number of carboxylic acid groups (broad SMARTS) is 1. The molecular formula is C13H22Cl2O2. The number of aliphatic carboxylic acids is 1. The molecule has 0 spiro atoms. The first-order chi connectivity index (χ1) is 8.00. The van der Waals surface area contributed by atoms with Gasteiger partial charge in [-0.25, -0.2) is 0 Å². The molecule has 3 unspecified atom stereocenters. The van der Waals surface area contributed by atoms with Gasteiger partial charge in [0, 0.05) is 10.8 Å². The van der Waals surface area contributed by atoms with Crippen LogP contribution in [0.2, 0.25) is 0 Å². The summed E-state index contributed by atoms with van der Waals surface area (Å²) in [5.41, 5.74) is 0. The summed E-state index contributed by atoms with van der Waals surface area (Å²) >= 11 is 11.9. The second kappa shape index (κ2) is 7.48. The van der Waals surface area contributed by atoms with Crippen molar-refractivity contribution in [3.8, 4) is 0 Å². The van der Waals surface area contributed by atoms with Gasteiger partial charge in [0.1, 0.15) is 0 Å². The zero-order chi connectivity index (χ0) is 12.8. The molecule has 0 aromatic heterocycles. The predicted molar refractivity (Wildman–Crippen MR) is 71.9 cm³/mol. The van der Waals surface area contributed by atoms with Crippen LogP contribution in [0, 0.1) is 11.8 Å². The van der Waals surface area contributed by atoms with Gasteiger partial charge in [0.2, 0.25) is 0 Å². The normalized spacial score (nSPS) is 22.3. The fraction of sp³-hybridized carbons (Fsp3) is 0.923. The Morgan fingerprint density at radius 1 is 1.29 bits per heavy atom. The number of halogens is 2. The standard InChI is InChI=1S/C13H22Cl2O2/c1-9(14)12(15)7-6-11(13(16)17)8-10-4-2-3-5-10/h9-12H,2-8H2,1H3,(H,16,17). The van der Waals surface area contributed by atoms with E-state index in [0.29, 0.717) is 18.8 Å². The predicted octanol–water partition coefficient (Wildman–Crippen LogP) is 4.28. The molecular weight excluding hydrogens is 259 g/mol. The summed E-state index contributed by atoms with van der Waals surface area (Å²) in [4.78, 5) is 11.2. The molecule has 17 heavy (non-hydrogen) atoms. The van der Waals surface area contributed by atoms with Crippen LogP contribution in [0.5, 0.6) is 0 Å². The fourth-order valence-corrected chi connectivity index (χ4v) is 2.83. The molecule has 0 saturated heterocycles. The molecule has 2 nitrogen and oxygen atoms in total. The quantitative estimate of drug-likeness (QED) is 0.707. The minimum atomic E-state index is -0.678. The van der Waals surface area contributed by atoms with Crippen LogP contribution in [0.3, 0.4) is 0 Å². The third-order valence-electron chi connectivity index (χ3n) is 3.73. The van der Waals surface area contributed by atoms with E-state index in [1.165, 1.54) is 25.7 Å². The number of hydrogen-bond acceptors (Lipinski definition) is 1. The molecule has 0 bridgehead atoms. The van der Waals surface area contributed by atoms with E-state index in [-0.39, 0.29) is 16.7 Å². The monoisotopic (exact) mass is 280 g/mol. The zero-order valence-corrected chi connectivity index (χ0v) is 11.9. The average molecular weight is 281 g/mol. The Kier molecular flexibility index (Phi) is 6.65. The van der Waals surface area contributed by atoms with Crippen LogP contribution in [-0.4, -0.2) is 21.8 Å². The average Bonchev–Trinajstić information content (AvgIpc) is 2.75. The zero-order valence-electron chi connectivity index (χ0n) is 10.4. The third kappa shape index (κ3) is 5.48. The number of carboxylic acids is 1. The van der Waals surface area contributed by atoms with Crippen LogP contribution >= 0.6 is 23.2 Å². The van der Waals surface area contributed by atoms with E-state index >= 15 is 0 Å². The maximum absolute atomic E-state index is 11.2. The summed E-state index contributed by atoms with van der Waals surface area (Å²) in [7, 11) is 0. The fourth-order valence-electron chi connectivity index (χ4n) is 2.58. The first-order valence-electron chi connectivity index (χ1n) is 6.51. The Hall–Kier alpha value is 0.0500. The Morgan fingerprint density at radius 2 is 1.88 bits per heavy atom. The van der Waals surface area contributed by atoms with Gasteiger partial charge in [-0.15, -0.1) is 23.2 Å². The molecule has 1 aliphatic carbocycles. The van der Waals surface area contributed by atoms with Gasteiger partial charge in [0.05, 0.1) is 5.92 Å². The first kappa shape index (κ1) is 15.1. The first-order valence-corrected chi connectivity index (χ1v) is 7.39. The molecule has 0 aromatic carbocycles. The highest BCUT2D eigenvalue weighted by atomic mass is 35.5. The Morgan fingerprint density at radius 3 is 2.35 bits per heavy atom. The van der Waals surface area contributed by atoms with Crippen LogP contribution in [0.15, 0.2) is 0 Å². The molecule has 0 aliphatic heterocycles. The van der Waals surface area contributed by atoms with E-state index in [0.717, 1.165) is 6.42 Å². The van der Waals surface area contributed by atoms with Gasteiger partial charge < -0.3 is 5.11 Å². The molecule has 0 aromatic rings. The van der Waals surface area contributed by atoms with E-state index in [2.05, 4.69) is 0 Å². The molecule has 100 valence electrons. The van der Waals surface area contributed by atoms with Gasteiger partial charge in [0.15, 0.2) is 0 Å². The largest absolute Gasteiger partial charge is 0.481 e. The number of carbonyl (C=O) groups is 1. The molecule has 0 radical (unpaired) electrons. The van der Waals surface area contributed by atoms with E-state index in [1.54, 1.807) is 0 Å². The SMILES string of the molecule is CC(Cl)C(Cl)CCC(CC1CCCC1)C(=O)O. The highest BCUT2D eigenvalue weighted by Gasteiger charge is 2.25. The van der Waals surface area contributed by atoms with E-state index in [4.69, 9.17) is 23.2 Å². The highest BCUT2D eigenvalue weighted by Crippen LogP contribution is 2.32. The number of hydrogen-bond donors (Lipinski definition) is 1. The molecule has 1 aliphatic rings. The van der Waals surface area contributed by atoms with E-state index < -0.39 is 5.97 Å². The van der Waals surface area contributed by atoms with Crippen LogP contribution in [0.4, 0.5) is 0 Å². The maximum atomic E-state index is 11.2. The van der Waals surface area contributed by atoms with Gasteiger partial charge in [-0.05, 0) is 32.1 Å². The maximum Gasteiger partial charge on any atom is 0.306 e. The van der Waals surface area contributed by atoms with Gasteiger partial charge in [0.25, 0.3) is 0 Å². The molecule has 0 heterocycles. The lowest BCUT2D eigenvalue weighted by Crippen LogP contribution is -2.20. The number of rotatable bonds is 7. The second-order valence-electron chi connectivity index (χ2n) is 5.19. The molecule has 3 atom stereocenters. The summed E-state index contributed by atoms with van der Waals surface area (Å²) in [5.74, 6) is -0.309. The summed E-state index contributed by atoms with van der Waals surface area (Å²) in [6, 6.07) is 0. The van der Waals surface area contributed by atoms with Crippen molar-refractivity contribution in [2.75, 3.05) is 0 Å². The molecule has 4 heteroatoms. The van der Waals surface area contributed by atoms with Crippen molar-refractivity contribution in [2.45, 2.75) is 62.6 Å². The highest BCUT2D eigenvalue weighted by molar-refractivity contribution is 6.29. The van der Waals surface area contributed by atoms with Crippen LogP contribution < -0.4 is 0 Å². The lowest BCUT2D eigenvalue weighted by atomic mass is 9.89.